The summed E-state index contributed by atoms with van der Waals surface area (Å²) in [5, 5.41) is 8.80. The molecular weight excluding hydrogens is 194 g/mol. The Balaban J connectivity index is 2.77. The predicted octanol–water partition coefficient (Wildman–Crippen LogP) is 1.42. The van der Waals surface area contributed by atoms with Crippen molar-refractivity contribution in [2.24, 2.45) is 0 Å². The third kappa shape index (κ3) is 2.37. The van der Waals surface area contributed by atoms with Crippen LogP contribution in [0, 0.1) is 0 Å². The van der Waals surface area contributed by atoms with Gasteiger partial charge in [0.05, 0.1) is 0 Å². The molecule has 4 heteroatoms. The molecule has 1 aliphatic carbocycles. The van der Waals surface area contributed by atoms with Crippen molar-refractivity contribution in [2.75, 3.05) is 7.05 Å². The monoisotopic (exact) mass is 211 g/mol. The van der Waals surface area contributed by atoms with Crippen LogP contribution in [-0.2, 0) is 9.59 Å². The van der Waals surface area contributed by atoms with Gasteiger partial charge in [0, 0.05) is 12.6 Å². The third-order valence-corrected chi connectivity index (χ3v) is 3.01. The summed E-state index contributed by atoms with van der Waals surface area (Å²) in [6.45, 7) is 3.46. The maximum absolute atomic E-state index is 11.9. The number of carbonyl (C=O) groups is 2. The Kier molecular flexibility index (Phi) is 3.50. The molecule has 4 nitrogen and oxygen atoms in total. The zero-order valence-corrected chi connectivity index (χ0v) is 9.41. The molecule has 0 spiro atoms. The van der Waals surface area contributed by atoms with Gasteiger partial charge in [0.1, 0.15) is 6.04 Å². The standard InChI is InChI=1S/C11H17NO3/c1-7-5-4-6-9(7)10(13)12(3)8(2)11(14)15/h8H,4-6H2,1-3H3,(H,14,15). The van der Waals surface area contributed by atoms with Gasteiger partial charge in [-0.2, -0.15) is 0 Å². The van der Waals surface area contributed by atoms with E-state index in [0.717, 1.165) is 30.4 Å². The fourth-order valence-electron chi connectivity index (χ4n) is 1.74. The first-order valence-corrected chi connectivity index (χ1v) is 5.13. The lowest BCUT2D eigenvalue weighted by molar-refractivity contribution is -0.146. The van der Waals surface area contributed by atoms with E-state index in [2.05, 4.69) is 0 Å². The molecule has 1 atom stereocenters. The van der Waals surface area contributed by atoms with Crippen LogP contribution in [0.3, 0.4) is 0 Å². The molecule has 0 radical (unpaired) electrons. The van der Waals surface area contributed by atoms with E-state index in [0.29, 0.717) is 0 Å². The van der Waals surface area contributed by atoms with Crippen LogP contribution < -0.4 is 0 Å². The summed E-state index contributed by atoms with van der Waals surface area (Å²) in [6, 6.07) is -0.765. The summed E-state index contributed by atoms with van der Waals surface area (Å²) >= 11 is 0. The molecule has 0 heterocycles. The summed E-state index contributed by atoms with van der Waals surface area (Å²) in [4.78, 5) is 23.9. The molecule has 1 rings (SSSR count). The number of carboxylic acid groups (broad SMARTS) is 1. The minimum atomic E-state index is -0.970. The summed E-state index contributed by atoms with van der Waals surface area (Å²) in [6.07, 6.45) is 2.74. The Bertz CT molecular complexity index is 320. The Hall–Kier alpha value is -1.32. The van der Waals surface area contributed by atoms with E-state index in [4.69, 9.17) is 5.11 Å². The first kappa shape index (κ1) is 11.8. The van der Waals surface area contributed by atoms with Crippen molar-refractivity contribution in [2.45, 2.75) is 39.2 Å². The molecule has 1 unspecified atom stereocenters. The molecule has 0 fully saturated rings. The number of aliphatic carboxylic acids is 1. The highest BCUT2D eigenvalue weighted by atomic mass is 16.4. The van der Waals surface area contributed by atoms with E-state index < -0.39 is 12.0 Å². The second-order valence-electron chi connectivity index (χ2n) is 4.04. The fourth-order valence-corrected chi connectivity index (χ4v) is 1.74. The maximum atomic E-state index is 11.9. The Morgan fingerprint density at radius 1 is 1.40 bits per heavy atom. The topological polar surface area (TPSA) is 57.6 Å². The highest BCUT2D eigenvalue weighted by molar-refractivity contribution is 5.96. The van der Waals surface area contributed by atoms with Gasteiger partial charge in [0.15, 0.2) is 0 Å². The molecular formula is C11H17NO3. The molecule has 0 bridgehead atoms. The van der Waals surface area contributed by atoms with Crippen LogP contribution >= 0.6 is 0 Å². The van der Waals surface area contributed by atoms with Gasteiger partial charge in [-0.25, -0.2) is 4.79 Å². The molecule has 84 valence electrons. The first-order chi connectivity index (χ1) is 6.95. The SMILES string of the molecule is CC1=C(C(=O)N(C)C(C)C(=O)O)CCC1. The lowest BCUT2D eigenvalue weighted by atomic mass is 10.1. The minimum absolute atomic E-state index is 0.139. The van der Waals surface area contributed by atoms with Gasteiger partial charge in [0.25, 0.3) is 0 Å². The summed E-state index contributed by atoms with van der Waals surface area (Å²) < 4.78 is 0. The van der Waals surface area contributed by atoms with Gasteiger partial charge >= 0.3 is 5.97 Å². The van der Waals surface area contributed by atoms with Crippen molar-refractivity contribution in [1.82, 2.24) is 4.90 Å². The highest BCUT2D eigenvalue weighted by Gasteiger charge is 2.26. The van der Waals surface area contributed by atoms with Crippen molar-refractivity contribution in [3.63, 3.8) is 0 Å². The van der Waals surface area contributed by atoms with Crippen LogP contribution in [0.15, 0.2) is 11.1 Å². The number of rotatable bonds is 3. The average Bonchev–Trinajstić information content (AvgIpc) is 2.60. The fraction of sp³-hybridized carbons (Fsp3) is 0.636. The molecule has 15 heavy (non-hydrogen) atoms. The number of nitrogens with zero attached hydrogens (tertiary/aromatic N) is 1. The number of carboxylic acids is 1. The van der Waals surface area contributed by atoms with Crippen molar-refractivity contribution >= 4 is 11.9 Å². The van der Waals surface area contributed by atoms with E-state index in [1.165, 1.54) is 11.8 Å². The largest absolute Gasteiger partial charge is 0.480 e. The van der Waals surface area contributed by atoms with Crippen LogP contribution in [0.25, 0.3) is 0 Å². The van der Waals surface area contributed by atoms with Crippen molar-refractivity contribution in [1.29, 1.82) is 0 Å². The van der Waals surface area contributed by atoms with E-state index in [-0.39, 0.29) is 5.91 Å². The molecule has 0 aromatic rings. The zero-order chi connectivity index (χ0) is 11.6. The van der Waals surface area contributed by atoms with Crippen molar-refractivity contribution in [3.05, 3.63) is 11.1 Å². The van der Waals surface area contributed by atoms with Gasteiger partial charge < -0.3 is 10.0 Å². The molecule has 0 aromatic heterocycles. The summed E-state index contributed by atoms with van der Waals surface area (Å²) in [5.74, 6) is -1.11. The summed E-state index contributed by atoms with van der Waals surface area (Å²) in [5.41, 5.74) is 1.90. The van der Waals surface area contributed by atoms with Gasteiger partial charge in [-0.1, -0.05) is 5.57 Å². The molecule has 1 N–H and O–H groups in total. The normalized spacial score (nSPS) is 17.8. The number of hydrogen-bond acceptors (Lipinski definition) is 2. The number of carbonyl (C=O) groups excluding carboxylic acids is 1. The molecule has 1 amide bonds. The van der Waals surface area contributed by atoms with Crippen LogP contribution in [-0.4, -0.2) is 35.0 Å². The van der Waals surface area contributed by atoms with Crippen molar-refractivity contribution in [3.8, 4) is 0 Å². The Labute approximate surface area is 89.6 Å². The third-order valence-electron chi connectivity index (χ3n) is 3.01. The Morgan fingerprint density at radius 2 is 2.00 bits per heavy atom. The molecule has 0 saturated carbocycles. The maximum Gasteiger partial charge on any atom is 0.326 e. The van der Waals surface area contributed by atoms with Crippen LogP contribution in [0.5, 0.6) is 0 Å². The second-order valence-corrected chi connectivity index (χ2v) is 4.04. The minimum Gasteiger partial charge on any atom is -0.480 e. The average molecular weight is 211 g/mol. The lowest BCUT2D eigenvalue weighted by Crippen LogP contribution is -2.40. The van der Waals surface area contributed by atoms with E-state index in [1.54, 1.807) is 7.05 Å². The first-order valence-electron chi connectivity index (χ1n) is 5.13. The van der Waals surface area contributed by atoms with Gasteiger partial charge in [-0.05, 0) is 33.1 Å². The highest BCUT2D eigenvalue weighted by Crippen LogP contribution is 2.26. The predicted molar refractivity (Wildman–Crippen MR) is 56.4 cm³/mol. The quantitative estimate of drug-likeness (QED) is 0.768. The molecule has 0 saturated heterocycles. The second kappa shape index (κ2) is 4.47. The van der Waals surface area contributed by atoms with E-state index >= 15 is 0 Å². The number of amides is 1. The Morgan fingerprint density at radius 3 is 2.40 bits per heavy atom. The van der Waals surface area contributed by atoms with Crippen molar-refractivity contribution < 1.29 is 14.7 Å². The molecule has 1 aliphatic rings. The van der Waals surface area contributed by atoms with Gasteiger partial charge in [0.2, 0.25) is 5.91 Å². The van der Waals surface area contributed by atoms with E-state index in [1.807, 2.05) is 6.92 Å². The number of hydrogen-bond donors (Lipinski definition) is 1. The number of likely N-dealkylation sites (N-methyl/N-ethyl adjacent to an activating group) is 1. The zero-order valence-electron chi connectivity index (χ0n) is 9.41. The molecule has 0 aliphatic heterocycles. The van der Waals surface area contributed by atoms with Gasteiger partial charge in [-0.15, -0.1) is 0 Å². The van der Waals surface area contributed by atoms with Crippen LogP contribution in [0.1, 0.15) is 33.1 Å². The van der Waals surface area contributed by atoms with Crippen LogP contribution in [0.2, 0.25) is 0 Å². The van der Waals surface area contributed by atoms with Gasteiger partial charge in [-0.3, -0.25) is 4.79 Å². The summed E-state index contributed by atoms with van der Waals surface area (Å²) in [7, 11) is 1.54. The lowest BCUT2D eigenvalue weighted by Gasteiger charge is -2.22. The smallest absolute Gasteiger partial charge is 0.326 e. The molecule has 0 aromatic carbocycles. The van der Waals surface area contributed by atoms with E-state index in [9.17, 15) is 9.59 Å². The number of allylic oxidation sites excluding steroid dienone is 1. The van der Waals surface area contributed by atoms with Crippen LogP contribution in [0.4, 0.5) is 0 Å².